The molecule has 5 aromatic rings. The number of allylic oxidation sites excluding steroid dienone is 3. The minimum absolute atomic E-state index is 0.0623. The van der Waals surface area contributed by atoms with Gasteiger partial charge < -0.3 is 29.5 Å². The van der Waals surface area contributed by atoms with Crippen LogP contribution in [-0.4, -0.2) is 47.4 Å². The van der Waals surface area contributed by atoms with Crippen LogP contribution in [0, 0.1) is 0 Å². The van der Waals surface area contributed by atoms with Gasteiger partial charge >= 0.3 is 0 Å². The number of aromatic nitrogens is 2. The topological polar surface area (TPSA) is 91.3 Å². The van der Waals surface area contributed by atoms with Gasteiger partial charge in [0.15, 0.2) is 11.0 Å². The Labute approximate surface area is 303 Å². The number of rotatable bonds is 13. The second kappa shape index (κ2) is 14.7. The van der Waals surface area contributed by atoms with Gasteiger partial charge in [-0.3, -0.25) is 4.79 Å². The summed E-state index contributed by atoms with van der Waals surface area (Å²) in [6, 6.07) is 30.1. The van der Waals surface area contributed by atoms with Gasteiger partial charge in [0.05, 0.1) is 42.8 Å². The van der Waals surface area contributed by atoms with Crippen LogP contribution in [0.5, 0.6) is 11.5 Å². The second-order valence-electron chi connectivity index (χ2n) is 12.7. The molecular weight excluding hydrogens is 652 g/mol. The summed E-state index contributed by atoms with van der Waals surface area (Å²) in [6.07, 6.45) is 5.34. The molecule has 0 spiro atoms. The molecule has 0 saturated heterocycles. The van der Waals surface area contributed by atoms with Crippen LogP contribution in [0.15, 0.2) is 126 Å². The number of aryl methyl sites for hydroxylation is 1. The van der Waals surface area contributed by atoms with E-state index in [1.807, 2.05) is 90.7 Å². The van der Waals surface area contributed by atoms with Gasteiger partial charge in [-0.15, -0.1) is 0 Å². The summed E-state index contributed by atoms with van der Waals surface area (Å²) in [5.74, 6) is 2.63. The van der Waals surface area contributed by atoms with E-state index < -0.39 is 0 Å². The zero-order valence-electron chi connectivity index (χ0n) is 29.8. The molecule has 264 valence electrons. The first kappa shape index (κ1) is 34.4. The molecule has 4 aromatic carbocycles. The van der Waals surface area contributed by atoms with Crippen molar-refractivity contribution < 1.29 is 29.0 Å². The largest absolute Gasteiger partial charge is 0.506 e. The summed E-state index contributed by atoms with van der Waals surface area (Å²) in [6.45, 7) is 10.4. The van der Waals surface area contributed by atoms with Gasteiger partial charge in [0.1, 0.15) is 36.2 Å². The van der Waals surface area contributed by atoms with Gasteiger partial charge in [0.2, 0.25) is 5.78 Å². The van der Waals surface area contributed by atoms with E-state index in [0.29, 0.717) is 44.4 Å². The number of imidazole rings is 1. The third-order valence-electron chi connectivity index (χ3n) is 9.71. The third kappa shape index (κ3) is 6.24. The highest BCUT2D eigenvalue weighted by Crippen LogP contribution is 2.45. The molecule has 52 heavy (non-hydrogen) atoms. The summed E-state index contributed by atoms with van der Waals surface area (Å²) in [5.41, 5.74) is 7.41. The number of anilines is 2. The molecule has 9 heteroatoms. The van der Waals surface area contributed by atoms with Crippen molar-refractivity contribution in [3.8, 4) is 11.5 Å². The summed E-state index contributed by atoms with van der Waals surface area (Å²) in [7, 11) is 1.62. The van der Waals surface area contributed by atoms with Crippen molar-refractivity contribution in [1.82, 2.24) is 4.57 Å². The van der Waals surface area contributed by atoms with Crippen LogP contribution in [0.2, 0.25) is 0 Å². The van der Waals surface area contributed by atoms with Crippen LogP contribution in [0.3, 0.4) is 0 Å². The third-order valence-corrected chi connectivity index (χ3v) is 9.71. The highest BCUT2D eigenvalue weighted by molar-refractivity contribution is 6.23. The lowest BCUT2D eigenvalue weighted by atomic mass is 9.87. The summed E-state index contributed by atoms with van der Waals surface area (Å²) in [4.78, 5) is 18.0. The van der Waals surface area contributed by atoms with Crippen LogP contribution < -0.4 is 23.8 Å². The fourth-order valence-corrected chi connectivity index (χ4v) is 7.03. The van der Waals surface area contributed by atoms with E-state index in [2.05, 4.69) is 45.7 Å². The maximum absolute atomic E-state index is 13.9. The average molecular weight is 696 g/mol. The quantitative estimate of drug-likeness (QED) is 0.0996. The van der Waals surface area contributed by atoms with Crippen molar-refractivity contribution in [3.63, 3.8) is 0 Å². The standard InChI is InChI=1S/C43H42N4O5/c1-5-29-13-15-30(16-14-29)27-47-37-20-18-33(52-28-31-11-9-8-10-12-31)24-39(37)45(7-3)41(47)26-35-42(49)34(43(35)50)25-40-44(6-2)38-23-32(51-4)17-19-36(38)46(40)21-22-48/h5,8-20,23-26,48H,1,6-7,21-22,27-28H2,2-4H3/p+1. The monoisotopic (exact) mass is 695 g/mol. The number of Topliss-reactive ketones (excluding diaryl/α,β-unsaturated/α-hetero) is 1. The number of benzene rings is 4. The van der Waals surface area contributed by atoms with E-state index in [-0.39, 0.29) is 29.3 Å². The number of aliphatic hydroxyl groups is 2. The number of methoxy groups -OCH3 is 1. The first-order valence-electron chi connectivity index (χ1n) is 17.6. The molecule has 0 saturated carbocycles. The lowest BCUT2D eigenvalue weighted by molar-refractivity contribution is -0.665. The van der Waals surface area contributed by atoms with Crippen LogP contribution in [-0.2, 0) is 24.5 Å². The van der Waals surface area contributed by atoms with E-state index in [0.717, 1.165) is 50.7 Å². The van der Waals surface area contributed by atoms with E-state index in [9.17, 15) is 15.0 Å². The Morgan fingerprint density at radius 1 is 0.846 bits per heavy atom. The molecular formula is C43H43N4O5+. The maximum Gasteiger partial charge on any atom is 0.283 e. The van der Waals surface area contributed by atoms with Crippen LogP contribution in [0.1, 0.15) is 36.4 Å². The second-order valence-corrected chi connectivity index (χ2v) is 12.7. The Kier molecular flexibility index (Phi) is 9.69. The van der Waals surface area contributed by atoms with Gasteiger partial charge in [0, 0.05) is 31.3 Å². The molecule has 1 aliphatic heterocycles. The van der Waals surface area contributed by atoms with Crippen LogP contribution in [0.25, 0.3) is 23.2 Å². The van der Waals surface area contributed by atoms with Crippen molar-refractivity contribution in [2.45, 2.75) is 33.5 Å². The molecule has 0 atom stereocenters. The molecule has 2 heterocycles. The molecule has 1 aromatic heterocycles. The predicted octanol–water partition coefficient (Wildman–Crippen LogP) is 7.19. The van der Waals surface area contributed by atoms with E-state index in [4.69, 9.17) is 9.47 Å². The molecule has 7 rings (SSSR count). The van der Waals surface area contributed by atoms with Crippen molar-refractivity contribution in [2.75, 3.05) is 36.6 Å². The fraction of sp³-hybridized carbons (Fsp3) is 0.209. The van der Waals surface area contributed by atoms with Crippen LogP contribution in [0.4, 0.5) is 11.4 Å². The zero-order chi connectivity index (χ0) is 36.4. The number of ether oxygens (including phenoxy) is 2. The van der Waals surface area contributed by atoms with Crippen LogP contribution >= 0.6 is 0 Å². The number of aliphatic hydroxyl groups excluding tert-OH is 2. The number of carbonyl (C=O) groups excluding carboxylic acids is 1. The zero-order valence-corrected chi connectivity index (χ0v) is 29.8. The lowest BCUT2D eigenvalue weighted by Crippen LogP contribution is -2.38. The fourth-order valence-electron chi connectivity index (χ4n) is 7.03. The molecule has 0 unspecified atom stereocenters. The highest BCUT2D eigenvalue weighted by Gasteiger charge is 2.38. The lowest BCUT2D eigenvalue weighted by Gasteiger charge is -2.26. The van der Waals surface area contributed by atoms with Crippen molar-refractivity contribution >= 4 is 40.3 Å². The first-order valence-corrected chi connectivity index (χ1v) is 17.6. The molecule has 0 radical (unpaired) electrons. The van der Waals surface area contributed by atoms with Gasteiger partial charge in [-0.2, -0.15) is 0 Å². The number of hydrogen-bond donors (Lipinski definition) is 2. The van der Waals surface area contributed by atoms with Gasteiger partial charge in [-0.05, 0) is 60.9 Å². The molecule has 0 bridgehead atoms. The minimum atomic E-state index is -0.250. The maximum atomic E-state index is 13.9. The first-order chi connectivity index (χ1) is 25.4. The van der Waals surface area contributed by atoms with E-state index in [1.54, 1.807) is 19.3 Å². The molecule has 0 fully saturated rings. The number of fused-ring (bicyclic) bond motifs is 2. The Bertz CT molecular complexity index is 2250. The summed E-state index contributed by atoms with van der Waals surface area (Å²) < 4.78 is 16.0. The Morgan fingerprint density at radius 2 is 1.62 bits per heavy atom. The Morgan fingerprint density at radius 3 is 2.29 bits per heavy atom. The van der Waals surface area contributed by atoms with E-state index in [1.165, 1.54) is 0 Å². The van der Waals surface area contributed by atoms with E-state index >= 15 is 0 Å². The molecule has 0 amide bonds. The minimum Gasteiger partial charge on any atom is -0.506 e. The van der Waals surface area contributed by atoms with Crippen molar-refractivity contribution in [2.24, 2.45) is 0 Å². The predicted molar refractivity (Wildman–Crippen MR) is 205 cm³/mol. The number of hydrogen-bond acceptors (Lipinski definition) is 7. The van der Waals surface area contributed by atoms with Crippen molar-refractivity contribution in [3.05, 3.63) is 149 Å². The number of carbonyl (C=O) groups is 1. The SMILES string of the molecule is C=Cc1ccc(C[n+]2c(/C=C3/C(=O)C(/C=C4/N(CC)c5cc(OC)ccc5N4CCO)=C3O)n(CC)c3cc(OCc4ccccc4)ccc32)cc1. The molecule has 9 nitrogen and oxygen atoms in total. The summed E-state index contributed by atoms with van der Waals surface area (Å²) in [5, 5.41) is 21.5. The summed E-state index contributed by atoms with van der Waals surface area (Å²) >= 11 is 0. The molecule has 1 aliphatic carbocycles. The average Bonchev–Trinajstić information content (AvgIpc) is 3.64. The smallest absolute Gasteiger partial charge is 0.283 e. The van der Waals surface area contributed by atoms with Crippen molar-refractivity contribution in [1.29, 1.82) is 0 Å². The number of β-amino-alcohol motifs (C(OH)–C–C–N with tert-alkyl or cyclic N) is 1. The Hall–Kier alpha value is -6.06. The molecule has 2 N–H and O–H groups in total. The molecule has 2 aliphatic rings. The number of ketones is 1. The normalized spacial score (nSPS) is 15.5. The number of nitrogens with zero attached hydrogens (tertiary/aromatic N) is 4. The highest BCUT2D eigenvalue weighted by atomic mass is 16.5. The Balaban J connectivity index is 1.30. The van der Waals surface area contributed by atoms with Gasteiger partial charge in [-0.25, -0.2) is 9.13 Å². The van der Waals surface area contributed by atoms with Gasteiger partial charge in [0.25, 0.3) is 5.82 Å². The van der Waals surface area contributed by atoms with Gasteiger partial charge in [-0.1, -0.05) is 67.3 Å².